The minimum atomic E-state index is -0.172. The van der Waals surface area contributed by atoms with Crippen molar-refractivity contribution in [1.82, 2.24) is 15.0 Å². The number of hydrogen-bond donors (Lipinski definition) is 2. The van der Waals surface area contributed by atoms with Crippen molar-refractivity contribution in [2.75, 3.05) is 5.32 Å². The van der Waals surface area contributed by atoms with Crippen LogP contribution in [0.25, 0.3) is 22.4 Å². The van der Waals surface area contributed by atoms with Crippen molar-refractivity contribution in [3.05, 3.63) is 64.1 Å². The summed E-state index contributed by atoms with van der Waals surface area (Å²) in [6, 6.07) is 12.8. The molecule has 1 aromatic carbocycles. The summed E-state index contributed by atoms with van der Waals surface area (Å²) in [6.45, 7) is 0. The van der Waals surface area contributed by atoms with Crippen LogP contribution >= 0.6 is 22.9 Å². The summed E-state index contributed by atoms with van der Waals surface area (Å²) in [7, 11) is 0. The molecule has 0 spiro atoms. The summed E-state index contributed by atoms with van der Waals surface area (Å²) in [5.74, 6) is 0.593. The second-order valence-electron chi connectivity index (χ2n) is 5.11. The van der Waals surface area contributed by atoms with Gasteiger partial charge in [0.2, 0.25) is 0 Å². The molecule has 2 N–H and O–H groups in total. The fourth-order valence-electron chi connectivity index (χ4n) is 2.33. The van der Waals surface area contributed by atoms with Gasteiger partial charge in [-0.25, -0.2) is 4.98 Å². The maximum atomic E-state index is 12.1. The van der Waals surface area contributed by atoms with Crippen molar-refractivity contribution < 1.29 is 4.79 Å². The molecule has 118 valence electrons. The lowest BCUT2D eigenvalue weighted by atomic mass is 10.2. The zero-order chi connectivity index (χ0) is 16.5. The van der Waals surface area contributed by atoms with Crippen LogP contribution in [0.1, 0.15) is 9.67 Å². The van der Waals surface area contributed by atoms with Crippen molar-refractivity contribution in [1.29, 1.82) is 0 Å². The lowest BCUT2D eigenvalue weighted by Gasteiger charge is -2.04. The molecular formula is C17H11ClN4OS. The fraction of sp³-hybridized carbons (Fsp3) is 0. The van der Waals surface area contributed by atoms with Gasteiger partial charge in [0, 0.05) is 17.4 Å². The third-order valence-corrected chi connectivity index (χ3v) is 4.73. The molecule has 5 nitrogen and oxygen atoms in total. The molecule has 0 aliphatic rings. The number of anilines is 1. The molecule has 4 aromatic rings. The van der Waals surface area contributed by atoms with Crippen LogP contribution in [0.4, 0.5) is 5.69 Å². The number of carbonyl (C=O) groups excluding carboxylic acids is 1. The molecule has 0 fully saturated rings. The summed E-state index contributed by atoms with van der Waals surface area (Å²) >= 11 is 7.10. The van der Waals surface area contributed by atoms with Crippen molar-refractivity contribution in [3.8, 4) is 11.4 Å². The number of imidazole rings is 1. The molecule has 24 heavy (non-hydrogen) atoms. The van der Waals surface area contributed by atoms with Gasteiger partial charge < -0.3 is 10.3 Å². The van der Waals surface area contributed by atoms with Crippen LogP contribution in [0.3, 0.4) is 0 Å². The number of thiophene rings is 1. The normalized spacial score (nSPS) is 10.9. The van der Waals surface area contributed by atoms with Crippen LogP contribution in [0, 0.1) is 0 Å². The first-order chi connectivity index (χ1) is 11.7. The largest absolute Gasteiger partial charge is 0.337 e. The Hall–Kier alpha value is -2.70. The minimum Gasteiger partial charge on any atom is -0.337 e. The quantitative estimate of drug-likeness (QED) is 0.565. The Bertz CT molecular complexity index is 989. The average molecular weight is 355 g/mol. The summed E-state index contributed by atoms with van der Waals surface area (Å²) in [5, 5.41) is 2.85. The Labute approximate surface area is 146 Å². The molecule has 4 rings (SSSR count). The molecule has 7 heteroatoms. The van der Waals surface area contributed by atoms with E-state index in [1.807, 2.05) is 30.3 Å². The first-order valence-corrected chi connectivity index (χ1v) is 8.35. The highest BCUT2D eigenvalue weighted by atomic mass is 35.5. The SMILES string of the molecule is O=C(Nc1ccc(-c2nc3ccncc3[nH]2)cc1)c1ccc(Cl)s1. The van der Waals surface area contributed by atoms with Gasteiger partial charge in [0.15, 0.2) is 0 Å². The number of aromatic nitrogens is 3. The predicted octanol–water partition coefficient (Wildman–Crippen LogP) is 4.59. The highest BCUT2D eigenvalue weighted by Crippen LogP contribution is 2.24. The highest BCUT2D eigenvalue weighted by Gasteiger charge is 2.10. The summed E-state index contributed by atoms with van der Waals surface area (Å²) < 4.78 is 0.592. The molecule has 0 saturated heterocycles. The van der Waals surface area contributed by atoms with Gasteiger partial charge in [0.25, 0.3) is 5.91 Å². The second-order valence-corrected chi connectivity index (χ2v) is 6.83. The van der Waals surface area contributed by atoms with Crippen molar-refractivity contribution >= 4 is 45.6 Å². The molecule has 0 unspecified atom stereocenters. The van der Waals surface area contributed by atoms with E-state index < -0.39 is 0 Å². The van der Waals surface area contributed by atoms with Crippen LogP contribution in [0.5, 0.6) is 0 Å². The molecule has 3 heterocycles. The molecular weight excluding hydrogens is 344 g/mol. The molecule has 3 aromatic heterocycles. The zero-order valence-electron chi connectivity index (χ0n) is 12.3. The number of benzene rings is 1. The van der Waals surface area contributed by atoms with E-state index in [9.17, 15) is 4.79 Å². The van der Waals surface area contributed by atoms with Crippen LogP contribution in [0.2, 0.25) is 4.34 Å². The monoisotopic (exact) mass is 354 g/mol. The lowest BCUT2D eigenvalue weighted by Crippen LogP contribution is -2.09. The Morgan fingerprint density at radius 2 is 1.96 bits per heavy atom. The van der Waals surface area contributed by atoms with Crippen LogP contribution in [-0.4, -0.2) is 20.9 Å². The van der Waals surface area contributed by atoms with Gasteiger partial charge in [-0.3, -0.25) is 9.78 Å². The highest BCUT2D eigenvalue weighted by molar-refractivity contribution is 7.18. The van der Waals surface area contributed by atoms with Crippen LogP contribution < -0.4 is 5.32 Å². The van der Waals surface area contributed by atoms with Gasteiger partial charge in [0.05, 0.1) is 26.4 Å². The smallest absolute Gasteiger partial charge is 0.265 e. The molecule has 0 aliphatic carbocycles. The molecule has 0 saturated carbocycles. The Balaban J connectivity index is 1.55. The van der Waals surface area contributed by atoms with Crippen LogP contribution in [-0.2, 0) is 0 Å². The van der Waals surface area contributed by atoms with Crippen molar-refractivity contribution in [2.24, 2.45) is 0 Å². The number of H-pyrrole nitrogens is 1. The van der Waals surface area contributed by atoms with E-state index in [1.165, 1.54) is 11.3 Å². The van der Waals surface area contributed by atoms with E-state index in [-0.39, 0.29) is 5.91 Å². The Kier molecular flexibility index (Phi) is 3.76. The van der Waals surface area contributed by atoms with Crippen LogP contribution in [0.15, 0.2) is 54.9 Å². The topological polar surface area (TPSA) is 70.7 Å². The van der Waals surface area contributed by atoms with Gasteiger partial charge in [-0.05, 0) is 42.5 Å². The maximum absolute atomic E-state index is 12.1. The number of rotatable bonds is 3. The molecule has 0 bridgehead atoms. The third-order valence-electron chi connectivity index (χ3n) is 3.50. The van der Waals surface area contributed by atoms with E-state index in [1.54, 1.807) is 24.5 Å². The van der Waals surface area contributed by atoms with Gasteiger partial charge in [-0.1, -0.05) is 11.6 Å². The first-order valence-electron chi connectivity index (χ1n) is 7.16. The number of nitrogens with one attached hydrogen (secondary N) is 2. The number of aromatic amines is 1. The third kappa shape index (κ3) is 2.89. The number of fused-ring (bicyclic) bond motifs is 1. The Morgan fingerprint density at radius 3 is 2.67 bits per heavy atom. The van der Waals surface area contributed by atoms with Gasteiger partial charge in [0.1, 0.15) is 5.82 Å². The summed E-state index contributed by atoms with van der Waals surface area (Å²) in [5.41, 5.74) is 3.40. The first kappa shape index (κ1) is 14.9. The predicted molar refractivity (Wildman–Crippen MR) is 96.6 cm³/mol. The van der Waals surface area contributed by atoms with Gasteiger partial charge in [-0.15, -0.1) is 11.3 Å². The van der Waals surface area contributed by atoms with Gasteiger partial charge in [-0.2, -0.15) is 0 Å². The number of amides is 1. The number of pyridine rings is 1. The van der Waals surface area contributed by atoms with E-state index in [0.717, 1.165) is 22.4 Å². The standard InChI is InChI=1S/C17H11ClN4OS/c18-15-6-5-14(24-15)17(23)20-11-3-1-10(2-4-11)16-21-12-7-8-19-9-13(12)22-16/h1-9H,(H,20,23)(H,21,22). The van der Waals surface area contributed by atoms with Crippen molar-refractivity contribution in [2.45, 2.75) is 0 Å². The van der Waals surface area contributed by atoms with E-state index >= 15 is 0 Å². The fourth-order valence-corrected chi connectivity index (χ4v) is 3.27. The van der Waals surface area contributed by atoms with E-state index in [0.29, 0.717) is 14.9 Å². The second kappa shape index (κ2) is 6.07. The minimum absolute atomic E-state index is 0.172. The number of carbonyl (C=O) groups is 1. The summed E-state index contributed by atoms with van der Waals surface area (Å²) in [4.78, 5) is 24.5. The lowest BCUT2D eigenvalue weighted by molar-refractivity contribution is 0.103. The van der Waals surface area contributed by atoms with E-state index in [2.05, 4.69) is 20.3 Å². The zero-order valence-corrected chi connectivity index (χ0v) is 13.9. The molecule has 0 radical (unpaired) electrons. The molecule has 1 amide bonds. The number of nitrogens with zero attached hydrogens (tertiary/aromatic N) is 2. The van der Waals surface area contributed by atoms with E-state index in [4.69, 9.17) is 11.6 Å². The van der Waals surface area contributed by atoms with Gasteiger partial charge >= 0.3 is 0 Å². The number of halogens is 1. The maximum Gasteiger partial charge on any atom is 0.265 e. The number of hydrogen-bond acceptors (Lipinski definition) is 4. The molecule has 0 atom stereocenters. The molecule has 0 aliphatic heterocycles. The summed E-state index contributed by atoms with van der Waals surface area (Å²) in [6.07, 6.45) is 3.45. The van der Waals surface area contributed by atoms with Crippen molar-refractivity contribution in [3.63, 3.8) is 0 Å². The average Bonchev–Trinajstić information content (AvgIpc) is 3.21. The Morgan fingerprint density at radius 1 is 1.12 bits per heavy atom.